The third-order valence-corrected chi connectivity index (χ3v) is 8.24. The molecule has 4 aliphatic rings. The average Bonchev–Trinajstić information content (AvgIpc) is 3.13. The summed E-state index contributed by atoms with van der Waals surface area (Å²) < 4.78 is 65.1. The highest BCUT2D eigenvalue weighted by Crippen LogP contribution is 2.72. The largest absolute Gasteiger partial charge is 0.534 e. The number of hydrogen-bond acceptors (Lipinski definition) is 4. The monoisotopic (exact) mass is 387 g/mol. The van der Waals surface area contributed by atoms with Crippen molar-refractivity contribution in [1.29, 1.82) is 0 Å². The van der Waals surface area contributed by atoms with Gasteiger partial charge in [0, 0.05) is 23.9 Å². The van der Waals surface area contributed by atoms with E-state index in [2.05, 4.69) is 16.1 Å². The maximum Gasteiger partial charge on any atom is 0.534 e. The minimum absolute atomic E-state index is 0.0171. The predicted octanol–water partition coefficient (Wildman–Crippen LogP) is 3.38. The molecule has 1 aromatic carbocycles. The molecule has 2 saturated carbocycles. The quantitative estimate of drug-likeness (QED) is 0.577. The third-order valence-electron chi connectivity index (χ3n) is 7.26. The van der Waals surface area contributed by atoms with Gasteiger partial charge >= 0.3 is 15.6 Å². The molecular formula is C18H20F3NO3S. The van der Waals surface area contributed by atoms with Crippen molar-refractivity contribution in [2.24, 2.45) is 11.8 Å². The zero-order valence-electron chi connectivity index (χ0n) is 14.3. The highest BCUT2D eigenvalue weighted by atomic mass is 32.2. The van der Waals surface area contributed by atoms with Crippen LogP contribution in [0.15, 0.2) is 18.2 Å². The zero-order chi connectivity index (χ0) is 18.5. The van der Waals surface area contributed by atoms with E-state index in [0.717, 1.165) is 31.4 Å². The lowest BCUT2D eigenvalue weighted by Gasteiger charge is -2.50. The lowest BCUT2D eigenvalue weighted by Crippen LogP contribution is -2.52. The molecule has 2 unspecified atom stereocenters. The predicted molar refractivity (Wildman–Crippen MR) is 88.3 cm³/mol. The number of benzene rings is 1. The summed E-state index contributed by atoms with van der Waals surface area (Å²) in [5.74, 6) is 1.17. The topological polar surface area (TPSA) is 46.6 Å². The van der Waals surface area contributed by atoms with Gasteiger partial charge in [-0.3, -0.25) is 0 Å². The first-order chi connectivity index (χ1) is 12.2. The SMILES string of the molecule is CN1CC2[C@@H]3c4ccc(OS(=O)(=O)C(F)(F)F)cc4[C@]24CCCCC4[C@@H]31. The second-order valence-corrected chi connectivity index (χ2v) is 9.73. The van der Waals surface area contributed by atoms with Crippen LogP contribution in [0.4, 0.5) is 13.2 Å². The summed E-state index contributed by atoms with van der Waals surface area (Å²) >= 11 is 0. The number of likely N-dealkylation sites (N-methyl/N-ethyl adjacent to an activating group) is 1. The Kier molecular flexibility index (Phi) is 3.21. The Morgan fingerprint density at radius 2 is 2.00 bits per heavy atom. The summed E-state index contributed by atoms with van der Waals surface area (Å²) in [6.07, 6.45) is 4.46. The van der Waals surface area contributed by atoms with Gasteiger partial charge in [-0.25, -0.2) is 0 Å². The molecule has 5 atom stereocenters. The Labute approximate surface area is 150 Å². The van der Waals surface area contributed by atoms with Gasteiger partial charge in [0.1, 0.15) is 5.75 Å². The molecule has 0 aromatic heterocycles. The molecule has 1 heterocycles. The first kappa shape index (κ1) is 16.9. The van der Waals surface area contributed by atoms with Gasteiger partial charge in [-0.2, -0.15) is 21.6 Å². The Hall–Kier alpha value is -1.28. The minimum atomic E-state index is -5.64. The summed E-state index contributed by atoms with van der Waals surface area (Å²) in [4.78, 5) is 2.44. The highest BCUT2D eigenvalue weighted by molar-refractivity contribution is 7.88. The van der Waals surface area contributed by atoms with Crippen molar-refractivity contribution in [3.63, 3.8) is 0 Å². The van der Waals surface area contributed by atoms with E-state index in [1.807, 2.05) is 0 Å². The van der Waals surface area contributed by atoms with Crippen molar-refractivity contribution < 1.29 is 25.8 Å². The number of rotatable bonds is 2. The molecular weight excluding hydrogens is 367 g/mol. The number of likely N-dealkylation sites (tertiary alicyclic amines) is 1. The lowest BCUT2D eigenvalue weighted by molar-refractivity contribution is -0.0500. The van der Waals surface area contributed by atoms with Crippen molar-refractivity contribution in [3.8, 4) is 5.75 Å². The third kappa shape index (κ3) is 1.87. The van der Waals surface area contributed by atoms with Gasteiger partial charge in [-0.1, -0.05) is 18.9 Å². The second-order valence-electron chi connectivity index (χ2n) is 8.19. The first-order valence-electron chi connectivity index (χ1n) is 9.02. The molecule has 0 radical (unpaired) electrons. The van der Waals surface area contributed by atoms with E-state index in [1.165, 1.54) is 18.1 Å². The van der Waals surface area contributed by atoms with Gasteiger partial charge in [-0.05, 0) is 55.0 Å². The number of nitrogens with zero attached hydrogens (tertiary/aromatic N) is 1. The number of halogens is 3. The van der Waals surface area contributed by atoms with Gasteiger partial charge in [0.15, 0.2) is 0 Å². The molecule has 1 aromatic rings. The van der Waals surface area contributed by atoms with Crippen molar-refractivity contribution in [3.05, 3.63) is 29.3 Å². The van der Waals surface area contributed by atoms with Crippen LogP contribution in [0.25, 0.3) is 0 Å². The molecule has 0 N–H and O–H groups in total. The van der Waals surface area contributed by atoms with Gasteiger partial charge in [-0.15, -0.1) is 0 Å². The van der Waals surface area contributed by atoms with Crippen LogP contribution in [0.1, 0.15) is 42.7 Å². The second kappa shape index (κ2) is 4.95. The lowest BCUT2D eigenvalue weighted by atomic mass is 9.59. The molecule has 0 amide bonds. The fraction of sp³-hybridized carbons (Fsp3) is 0.667. The van der Waals surface area contributed by atoms with Crippen molar-refractivity contribution in [2.75, 3.05) is 13.6 Å². The molecule has 26 heavy (non-hydrogen) atoms. The number of alkyl halides is 3. The molecule has 142 valence electrons. The van der Waals surface area contributed by atoms with Crippen LogP contribution >= 0.6 is 0 Å². The number of fused-ring (bicyclic) bond motifs is 2. The Morgan fingerprint density at radius 1 is 1.23 bits per heavy atom. The molecule has 8 heteroatoms. The Balaban J connectivity index is 1.59. The molecule has 4 nitrogen and oxygen atoms in total. The van der Waals surface area contributed by atoms with Gasteiger partial charge in [0.25, 0.3) is 0 Å². The van der Waals surface area contributed by atoms with E-state index in [9.17, 15) is 21.6 Å². The Bertz CT molecular complexity index is 880. The fourth-order valence-corrected chi connectivity index (χ4v) is 7.10. The molecule has 3 fully saturated rings. The van der Waals surface area contributed by atoms with E-state index in [4.69, 9.17) is 0 Å². The molecule has 1 aliphatic heterocycles. The molecule has 5 rings (SSSR count). The fourth-order valence-electron chi connectivity index (χ4n) is 6.65. The van der Waals surface area contributed by atoms with E-state index < -0.39 is 15.6 Å². The summed E-state index contributed by atoms with van der Waals surface area (Å²) in [6.45, 7) is 0.998. The van der Waals surface area contributed by atoms with Crippen LogP contribution in [0.2, 0.25) is 0 Å². The maximum atomic E-state index is 12.7. The van der Waals surface area contributed by atoms with Crippen molar-refractivity contribution >= 4 is 10.1 Å². The van der Waals surface area contributed by atoms with E-state index >= 15 is 0 Å². The van der Waals surface area contributed by atoms with Crippen LogP contribution in [0, 0.1) is 11.8 Å². The summed E-state index contributed by atoms with van der Waals surface area (Å²) in [5, 5.41) is 0. The first-order valence-corrected chi connectivity index (χ1v) is 10.4. The van der Waals surface area contributed by atoms with Crippen LogP contribution in [-0.2, 0) is 15.5 Å². The Morgan fingerprint density at radius 3 is 2.73 bits per heavy atom. The van der Waals surface area contributed by atoms with Crippen molar-refractivity contribution in [1.82, 2.24) is 4.90 Å². The molecule has 1 saturated heterocycles. The van der Waals surface area contributed by atoms with E-state index in [0.29, 0.717) is 23.8 Å². The van der Waals surface area contributed by atoms with Crippen LogP contribution in [0.3, 0.4) is 0 Å². The molecule has 4 bridgehead atoms. The highest BCUT2D eigenvalue weighted by Gasteiger charge is 2.70. The number of piperidine rings is 1. The van der Waals surface area contributed by atoms with Crippen LogP contribution < -0.4 is 4.18 Å². The summed E-state index contributed by atoms with van der Waals surface area (Å²) in [6, 6.07) is 5.24. The van der Waals surface area contributed by atoms with Crippen LogP contribution in [0.5, 0.6) is 5.75 Å². The molecule has 1 spiro atoms. The van der Waals surface area contributed by atoms with Crippen LogP contribution in [-0.4, -0.2) is 38.5 Å². The van der Waals surface area contributed by atoms with Gasteiger partial charge in [0.2, 0.25) is 0 Å². The minimum Gasteiger partial charge on any atom is -0.376 e. The summed E-state index contributed by atoms with van der Waals surface area (Å²) in [7, 11) is -3.48. The van der Waals surface area contributed by atoms with Crippen molar-refractivity contribution in [2.45, 2.75) is 48.6 Å². The summed E-state index contributed by atoms with van der Waals surface area (Å²) in [5.41, 5.74) is -3.22. The standard InChI is InChI=1S/C18H20F3NO3S/c1-22-9-14-15-11-6-5-10(25-26(23,24)18(19,20)21)8-13(11)17(14)7-3-2-4-12(17)16(15)22/h5-6,8,12,14-16H,2-4,7,9H2,1H3/t12?,14?,15-,16-,17+/m0/s1. The average molecular weight is 387 g/mol. The van der Waals surface area contributed by atoms with E-state index in [-0.39, 0.29) is 11.2 Å². The zero-order valence-corrected chi connectivity index (χ0v) is 15.1. The smallest absolute Gasteiger partial charge is 0.376 e. The maximum absolute atomic E-state index is 12.7. The number of hydrogen-bond donors (Lipinski definition) is 0. The van der Waals surface area contributed by atoms with Gasteiger partial charge in [0.05, 0.1) is 0 Å². The molecule has 3 aliphatic carbocycles. The van der Waals surface area contributed by atoms with Gasteiger partial charge < -0.3 is 9.08 Å². The van der Waals surface area contributed by atoms with E-state index in [1.54, 1.807) is 12.1 Å². The normalized spacial score (nSPS) is 38.3.